The molecule has 14 heavy (non-hydrogen) atoms. The second kappa shape index (κ2) is 3.06. The molecule has 0 amide bonds. The number of aryl methyl sites for hydroxylation is 2. The van der Waals surface area contributed by atoms with Crippen LogP contribution < -0.4 is 0 Å². The summed E-state index contributed by atoms with van der Waals surface area (Å²) in [4.78, 5) is 0. The molecule has 0 spiro atoms. The second-order valence-corrected chi connectivity index (χ2v) is 4.43. The lowest BCUT2D eigenvalue weighted by Gasteiger charge is -2.10. The Labute approximate surface area is 83.6 Å². The molecule has 1 nitrogen and oxygen atoms in total. The first kappa shape index (κ1) is 9.66. The van der Waals surface area contributed by atoms with Gasteiger partial charge in [-0.25, -0.2) is 4.39 Å². The summed E-state index contributed by atoms with van der Waals surface area (Å²) in [6.07, 6.45) is 2.07. The van der Waals surface area contributed by atoms with E-state index >= 15 is 0 Å². The molecule has 1 saturated carbocycles. The van der Waals surface area contributed by atoms with E-state index in [4.69, 9.17) is 0 Å². The third-order valence-corrected chi connectivity index (χ3v) is 3.01. The molecule has 2 rings (SSSR count). The van der Waals surface area contributed by atoms with Gasteiger partial charge in [-0.2, -0.15) is 0 Å². The minimum atomic E-state index is -0.609. The van der Waals surface area contributed by atoms with Gasteiger partial charge in [0.15, 0.2) is 0 Å². The fourth-order valence-electron chi connectivity index (χ4n) is 1.65. The molecular formula is C12H15FO. The Morgan fingerprint density at radius 3 is 2.43 bits per heavy atom. The summed E-state index contributed by atoms with van der Waals surface area (Å²) < 4.78 is 13.5. The van der Waals surface area contributed by atoms with E-state index in [1.54, 1.807) is 6.07 Å². The zero-order valence-corrected chi connectivity index (χ0v) is 8.60. The summed E-state index contributed by atoms with van der Waals surface area (Å²) in [5.41, 5.74) is 2.09. The van der Waals surface area contributed by atoms with Gasteiger partial charge in [-0.15, -0.1) is 0 Å². The highest BCUT2D eigenvalue weighted by molar-refractivity contribution is 5.32. The third kappa shape index (κ3) is 1.80. The van der Waals surface area contributed by atoms with E-state index in [9.17, 15) is 9.50 Å². The van der Waals surface area contributed by atoms with Gasteiger partial charge in [-0.05, 0) is 49.4 Å². The molecule has 1 aliphatic carbocycles. The molecule has 76 valence electrons. The van der Waals surface area contributed by atoms with Crippen LogP contribution in [0, 0.1) is 19.7 Å². The SMILES string of the molecule is Cc1cc(F)c(CC2(O)CC2)cc1C. The molecule has 0 heterocycles. The summed E-state index contributed by atoms with van der Waals surface area (Å²) >= 11 is 0. The van der Waals surface area contributed by atoms with Gasteiger partial charge in [-0.1, -0.05) is 6.07 Å². The van der Waals surface area contributed by atoms with E-state index in [1.807, 2.05) is 19.9 Å². The minimum absolute atomic E-state index is 0.187. The monoisotopic (exact) mass is 194 g/mol. The minimum Gasteiger partial charge on any atom is -0.390 e. The van der Waals surface area contributed by atoms with Crippen molar-refractivity contribution >= 4 is 0 Å². The maximum atomic E-state index is 13.5. The van der Waals surface area contributed by atoms with Gasteiger partial charge in [0.2, 0.25) is 0 Å². The van der Waals surface area contributed by atoms with E-state index in [2.05, 4.69) is 0 Å². The molecule has 1 fully saturated rings. The fraction of sp³-hybridized carbons (Fsp3) is 0.500. The van der Waals surface area contributed by atoms with Crippen LogP contribution in [0.4, 0.5) is 4.39 Å². The molecule has 0 aromatic heterocycles. The Morgan fingerprint density at radius 2 is 1.86 bits per heavy atom. The van der Waals surface area contributed by atoms with Gasteiger partial charge >= 0.3 is 0 Å². The molecule has 0 radical (unpaired) electrons. The predicted molar refractivity (Wildman–Crippen MR) is 53.8 cm³/mol. The van der Waals surface area contributed by atoms with E-state index in [-0.39, 0.29) is 5.82 Å². The molecule has 0 bridgehead atoms. The van der Waals surface area contributed by atoms with Crippen molar-refractivity contribution in [2.24, 2.45) is 0 Å². The maximum absolute atomic E-state index is 13.5. The normalized spacial score (nSPS) is 18.3. The number of rotatable bonds is 2. The average Bonchev–Trinajstić information content (AvgIpc) is 2.80. The Kier molecular flexibility index (Phi) is 2.11. The largest absolute Gasteiger partial charge is 0.390 e. The van der Waals surface area contributed by atoms with Crippen LogP contribution in [0.3, 0.4) is 0 Å². The summed E-state index contributed by atoms with van der Waals surface area (Å²) in [5.74, 6) is -0.187. The highest BCUT2D eigenvalue weighted by Crippen LogP contribution is 2.38. The van der Waals surface area contributed by atoms with Crippen LogP contribution in [0.25, 0.3) is 0 Å². The zero-order chi connectivity index (χ0) is 10.3. The molecule has 1 aliphatic rings. The summed E-state index contributed by atoms with van der Waals surface area (Å²) in [5, 5.41) is 9.70. The Bertz CT molecular complexity index is 367. The van der Waals surface area contributed by atoms with Crippen molar-refractivity contribution in [1.82, 2.24) is 0 Å². The molecule has 1 aromatic carbocycles. The number of benzene rings is 1. The van der Waals surface area contributed by atoms with Crippen molar-refractivity contribution in [1.29, 1.82) is 0 Å². The van der Waals surface area contributed by atoms with Crippen LogP contribution >= 0.6 is 0 Å². The van der Waals surface area contributed by atoms with Gasteiger partial charge in [0, 0.05) is 6.42 Å². The van der Waals surface area contributed by atoms with E-state index in [1.165, 1.54) is 0 Å². The van der Waals surface area contributed by atoms with Crippen molar-refractivity contribution in [2.45, 2.75) is 38.7 Å². The number of hydrogen-bond donors (Lipinski definition) is 1. The Balaban J connectivity index is 2.29. The Morgan fingerprint density at radius 1 is 1.29 bits per heavy atom. The van der Waals surface area contributed by atoms with Crippen molar-refractivity contribution in [3.05, 3.63) is 34.6 Å². The average molecular weight is 194 g/mol. The molecule has 0 unspecified atom stereocenters. The van der Waals surface area contributed by atoms with Crippen molar-refractivity contribution in [3.63, 3.8) is 0 Å². The van der Waals surface area contributed by atoms with Crippen LogP contribution in [0.15, 0.2) is 12.1 Å². The maximum Gasteiger partial charge on any atom is 0.126 e. The van der Waals surface area contributed by atoms with E-state index in [0.717, 1.165) is 24.0 Å². The van der Waals surface area contributed by atoms with Crippen molar-refractivity contribution in [3.8, 4) is 0 Å². The van der Waals surface area contributed by atoms with Crippen molar-refractivity contribution in [2.75, 3.05) is 0 Å². The number of halogens is 1. The lowest BCUT2D eigenvalue weighted by atomic mass is 10.0. The molecular weight excluding hydrogens is 179 g/mol. The molecule has 0 atom stereocenters. The quantitative estimate of drug-likeness (QED) is 0.767. The van der Waals surface area contributed by atoms with E-state index in [0.29, 0.717) is 12.0 Å². The first-order valence-corrected chi connectivity index (χ1v) is 4.98. The van der Waals surface area contributed by atoms with E-state index < -0.39 is 5.60 Å². The summed E-state index contributed by atoms with van der Waals surface area (Å²) in [6, 6.07) is 3.40. The van der Waals surface area contributed by atoms with Gasteiger partial charge in [0.1, 0.15) is 5.82 Å². The molecule has 0 saturated heterocycles. The highest BCUT2D eigenvalue weighted by Gasteiger charge is 2.40. The van der Waals surface area contributed by atoms with Crippen LogP contribution in [-0.4, -0.2) is 10.7 Å². The topological polar surface area (TPSA) is 20.2 Å². The number of aliphatic hydroxyl groups is 1. The predicted octanol–water partition coefficient (Wildman–Crippen LogP) is 2.51. The smallest absolute Gasteiger partial charge is 0.126 e. The highest BCUT2D eigenvalue weighted by atomic mass is 19.1. The lowest BCUT2D eigenvalue weighted by molar-refractivity contribution is 0.149. The van der Waals surface area contributed by atoms with Gasteiger partial charge < -0.3 is 5.11 Å². The van der Waals surface area contributed by atoms with Gasteiger partial charge in [-0.3, -0.25) is 0 Å². The second-order valence-electron chi connectivity index (χ2n) is 4.43. The van der Waals surface area contributed by atoms with Crippen LogP contribution in [0.2, 0.25) is 0 Å². The van der Waals surface area contributed by atoms with Crippen LogP contribution in [0.1, 0.15) is 29.5 Å². The van der Waals surface area contributed by atoms with Gasteiger partial charge in [0.25, 0.3) is 0 Å². The molecule has 0 aliphatic heterocycles. The standard InChI is InChI=1S/C12H15FO/c1-8-5-10(7-12(14)3-4-12)11(13)6-9(8)2/h5-6,14H,3-4,7H2,1-2H3. The third-order valence-electron chi connectivity index (χ3n) is 3.01. The molecule has 1 N–H and O–H groups in total. The van der Waals surface area contributed by atoms with Crippen LogP contribution in [-0.2, 0) is 6.42 Å². The van der Waals surface area contributed by atoms with Crippen LogP contribution in [0.5, 0.6) is 0 Å². The molecule has 1 aromatic rings. The summed E-state index contributed by atoms with van der Waals surface area (Å²) in [7, 11) is 0. The lowest BCUT2D eigenvalue weighted by Crippen LogP contribution is -2.12. The number of hydrogen-bond acceptors (Lipinski definition) is 1. The molecule has 2 heteroatoms. The first-order chi connectivity index (χ1) is 6.50. The first-order valence-electron chi connectivity index (χ1n) is 4.98. The zero-order valence-electron chi connectivity index (χ0n) is 8.60. The van der Waals surface area contributed by atoms with Crippen molar-refractivity contribution < 1.29 is 9.50 Å². The summed E-state index contributed by atoms with van der Waals surface area (Å²) in [6.45, 7) is 3.86. The fourth-order valence-corrected chi connectivity index (χ4v) is 1.65. The Hall–Kier alpha value is -0.890. The van der Waals surface area contributed by atoms with Gasteiger partial charge in [0.05, 0.1) is 5.60 Å².